The summed E-state index contributed by atoms with van der Waals surface area (Å²) < 4.78 is 0. The zero-order valence-corrected chi connectivity index (χ0v) is 11.6. The van der Waals surface area contributed by atoms with Gasteiger partial charge in [-0.3, -0.25) is 0 Å². The van der Waals surface area contributed by atoms with Crippen molar-refractivity contribution in [1.29, 1.82) is 0 Å². The van der Waals surface area contributed by atoms with Crippen LogP contribution in [0.25, 0.3) is 0 Å². The number of carbonyl (C=O) groups excluding carboxylic acids is 2. The van der Waals surface area contributed by atoms with Crippen LogP contribution in [0.15, 0.2) is 0 Å². The molecule has 0 spiro atoms. The number of hydrogen-bond donors (Lipinski definition) is 0. The molecule has 5 aliphatic heterocycles. The summed E-state index contributed by atoms with van der Waals surface area (Å²) in [5.41, 5.74) is 0. The maximum atomic E-state index is 12.9. The molecule has 20 heavy (non-hydrogen) atoms. The number of rotatable bonds is 0. The molecule has 7 fully saturated rings. The van der Waals surface area contributed by atoms with E-state index in [2.05, 4.69) is 0 Å². The molecule has 0 aromatic heterocycles. The number of fused-ring (bicyclic) bond motifs is 4. The largest absolute Gasteiger partial charge is 0.358 e. The van der Waals surface area contributed by atoms with Crippen LogP contribution in [0, 0.1) is 0 Å². The Morgan fingerprint density at radius 3 is 0.900 bits per heavy atom. The highest BCUT2D eigenvalue weighted by Gasteiger charge is 2.58. The van der Waals surface area contributed by atoms with E-state index in [9.17, 15) is 9.59 Å². The summed E-state index contributed by atoms with van der Waals surface area (Å²) in [4.78, 5) is 25.9. The first kappa shape index (κ1) is 11.2. The Morgan fingerprint density at radius 2 is 0.700 bits per heavy atom. The van der Waals surface area contributed by atoms with Gasteiger partial charge in [-0.15, -0.1) is 0 Å². The summed E-state index contributed by atoms with van der Waals surface area (Å²) in [5, 5.41) is 7.21. The Morgan fingerprint density at radius 1 is 0.500 bits per heavy atom. The topological polar surface area (TPSA) is 47.1 Å². The van der Waals surface area contributed by atoms with Crippen molar-refractivity contribution in [3.63, 3.8) is 0 Å². The number of amides is 4. The minimum Gasteiger partial charge on any atom is -0.244 e. The predicted octanol–water partition coefficient (Wildman–Crippen LogP) is 1.93. The summed E-state index contributed by atoms with van der Waals surface area (Å²) in [7, 11) is 0. The first-order chi connectivity index (χ1) is 9.75. The van der Waals surface area contributed by atoms with E-state index in [0.717, 1.165) is 51.4 Å². The lowest BCUT2D eigenvalue weighted by Crippen LogP contribution is -2.80. The standard InChI is InChI=1S/C14H20N4O2/c19-13-15-9-1-2-10(4-3-9)16(15)14(20)18-12-7-5-11(6-8-12)17(13)18/h9-12H,1-8H2. The monoisotopic (exact) mass is 276 g/mol. The van der Waals surface area contributed by atoms with E-state index in [1.54, 1.807) is 20.0 Å². The molecule has 7 aliphatic rings. The molecule has 0 unspecified atom stereocenters. The van der Waals surface area contributed by atoms with Gasteiger partial charge >= 0.3 is 12.1 Å². The van der Waals surface area contributed by atoms with E-state index < -0.39 is 0 Å². The highest BCUT2D eigenvalue weighted by Crippen LogP contribution is 2.44. The second-order valence-corrected chi connectivity index (χ2v) is 6.87. The molecule has 0 N–H and O–H groups in total. The molecular formula is C14H20N4O2. The van der Waals surface area contributed by atoms with Gasteiger partial charge in [-0.1, -0.05) is 0 Å². The molecule has 108 valence electrons. The molecule has 6 nitrogen and oxygen atoms in total. The van der Waals surface area contributed by atoms with E-state index in [-0.39, 0.29) is 36.2 Å². The molecular weight excluding hydrogens is 256 g/mol. The van der Waals surface area contributed by atoms with E-state index in [1.807, 2.05) is 0 Å². The number of nitrogens with zero attached hydrogens (tertiary/aromatic N) is 4. The van der Waals surface area contributed by atoms with Gasteiger partial charge < -0.3 is 0 Å². The normalized spacial score (nSPS) is 42.2. The van der Waals surface area contributed by atoms with Crippen LogP contribution in [0.1, 0.15) is 51.4 Å². The highest BCUT2D eigenvalue weighted by molar-refractivity contribution is 5.88. The van der Waals surface area contributed by atoms with Crippen molar-refractivity contribution >= 4 is 12.1 Å². The van der Waals surface area contributed by atoms with Crippen molar-refractivity contribution in [2.75, 3.05) is 0 Å². The van der Waals surface area contributed by atoms with Crippen LogP contribution in [0.5, 0.6) is 0 Å². The minimum absolute atomic E-state index is 0.0633. The van der Waals surface area contributed by atoms with Gasteiger partial charge in [0.25, 0.3) is 0 Å². The van der Waals surface area contributed by atoms with Crippen molar-refractivity contribution in [1.82, 2.24) is 20.0 Å². The highest BCUT2D eigenvalue weighted by atomic mass is 16.2. The summed E-state index contributed by atoms with van der Waals surface area (Å²) in [6.07, 6.45) is 8.46. The van der Waals surface area contributed by atoms with E-state index in [1.165, 1.54) is 0 Å². The molecule has 4 bridgehead atoms. The average Bonchev–Trinajstić information content (AvgIpc) is 2.53. The van der Waals surface area contributed by atoms with Crippen LogP contribution < -0.4 is 0 Å². The lowest BCUT2D eigenvalue weighted by atomic mass is 9.85. The van der Waals surface area contributed by atoms with Gasteiger partial charge in [0.1, 0.15) is 0 Å². The third-order valence-electron chi connectivity index (χ3n) is 5.96. The van der Waals surface area contributed by atoms with Crippen LogP contribution in [0.3, 0.4) is 0 Å². The Labute approximate surface area is 118 Å². The maximum absolute atomic E-state index is 12.9. The first-order valence-electron chi connectivity index (χ1n) is 8.00. The second kappa shape index (κ2) is 3.59. The molecule has 6 heteroatoms. The quantitative estimate of drug-likeness (QED) is 0.678. The molecule has 2 saturated carbocycles. The zero-order chi connectivity index (χ0) is 13.4. The van der Waals surface area contributed by atoms with E-state index >= 15 is 0 Å². The summed E-state index contributed by atoms with van der Waals surface area (Å²) >= 11 is 0. The Kier molecular flexibility index (Phi) is 2.02. The van der Waals surface area contributed by atoms with Gasteiger partial charge in [0.15, 0.2) is 0 Å². The SMILES string of the molecule is O=C1N2C3CCC(CC3)N2C(=O)N2C3CCC(CC3)N12. The van der Waals surface area contributed by atoms with Crippen LogP contribution in [-0.2, 0) is 0 Å². The fraction of sp³-hybridized carbons (Fsp3) is 0.857. The van der Waals surface area contributed by atoms with Crippen molar-refractivity contribution < 1.29 is 9.59 Å². The van der Waals surface area contributed by atoms with Crippen LogP contribution >= 0.6 is 0 Å². The Balaban J connectivity index is 1.59. The summed E-state index contributed by atoms with van der Waals surface area (Å²) in [6.45, 7) is 0. The Bertz CT molecular complexity index is 396. The number of hydrogen-bond acceptors (Lipinski definition) is 2. The third kappa shape index (κ3) is 1.17. The lowest BCUT2D eigenvalue weighted by Gasteiger charge is -2.63. The van der Waals surface area contributed by atoms with E-state index in [0.29, 0.717) is 0 Å². The molecule has 5 heterocycles. The number of urea groups is 2. The van der Waals surface area contributed by atoms with Gasteiger partial charge in [-0.25, -0.2) is 29.6 Å². The van der Waals surface area contributed by atoms with Gasteiger partial charge in [-0.05, 0) is 51.4 Å². The molecule has 2 aliphatic carbocycles. The Hall–Kier alpha value is -1.46. The van der Waals surface area contributed by atoms with Gasteiger partial charge in [0, 0.05) is 0 Å². The van der Waals surface area contributed by atoms with Crippen LogP contribution in [0.4, 0.5) is 9.59 Å². The van der Waals surface area contributed by atoms with Crippen LogP contribution in [-0.4, -0.2) is 56.3 Å². The summed E-state index contributed by atoms with van der Waals surface area (Å²) in [5.74, 6) is 0. The molecule has 0 radical (unpaired) electrons. The minimum atomic E-state index is 0.0633. The van der Waals surface area contributed by atoms with Crippen LogP contribution in [0.2, 0.25) is 0 Å². The van der Waals surface area contributed by atoms with Crippen molar-refractivity contribution in [2.24, 2.45) is 0 Å². The molecule has 5 saturated heterocycles. The molecule has 0 aromatic carbocycles. The molecule has 0 aromatic rings. The van der Waals surface area contributed by atoms with Crippen molar-refractivity contribution in [3.05, 3.63) is 0 Å². The third-order valence-corrected chi connectivity index (χ3v) is 5.96. The molecule has 0 atom stereocenters. The fourth-order valence-corrected chi connectivity index (χ4v) is 5.00. The van der Waals surface area contributed by atoms with Gasteiger partial charge in [0.2, 0.25) is 0 Å². The van der Waals surface area contributed by atoms with Gasteiger partial charge in [0.05, 0.1) is 24.2 Å². The second-order valence-electron chi connectivity index (χ2n) is 6.87. The average molecular weight is 276 g/mol. The molecule has 4 amide bonds. The fourth-order valence-electron chi connectivity index (χ4n) is 5.00. The van der Waals surface area contributed by atoms with Crippen molar-refractivity contribution in [2.45, 2.75) is 75.5 Å². The zero-order valence-electron chi connectivity index (χ0n) is 11.6. The lowest BCUT2D eigenvalue weighted by molar-refractivity contribution is -0.193. The number of carbonyl (C=O) groups is 2. The molecule has 7 rings (SSSR count). The maximum Gasteiger partial charge on any atom is 0.358 e. The van der Waals surface area contributed by atoms with Gasteiger partial charge in [-0.2, -0.15) is 0 Å². The summed E-state index contributed by atoms with van der Waals surface area (Å²) in [6, 6.07) is 1.12. The van der Waals surface area contributed by atoms with E-state index in [4.69, 9.17) is 0 Å². The number of hydrazine groups is 2. The van der Waals surface area contributed by atoms with Crippen molar-refractivity contribution in [3.8, 4) is 0 Å². The first-order valence-corrected chi connectivity index (χ1v) is 8.00. The predicted molar refractivity (Wildman–Crippen MR) is 70.2 cm³/mol. The smallest absolute Gasteiger partial charge is 0.244 e.